The first kappa shape index (κ1) is 17.1. The van der Waals surface area contributed by atoms with Crippen LogP contribution in [0.1, 0.15) is 55.2 Å². The first-order valence-electron chi connectivity index (χ1n) is 7.11. The Morgan fingerprint density at radius 2 is 2.15 bits per heavy atom. The highest BCUT2D eigenvalue weighted by atomic mass is 32.1. The van der Waals surface area contributed by atoms with E-state index in [1.165, 1.54) is 11.3 Å². The molecule has 0 spiro atoms. The van der Waals surface area contributed by atoms with Crippen LogP contribution in [0.15, 0.2) is 5.38 Å². The summed E-state index contributed by atoms with van der Waals surface area (Å²) in [6.45, 7) is 7.97. The highest BCUT2D eigenvalue weighted by Crippen LogP contribution is 2.15. The Labute approximate surface area is 125 Å². The lowest BCUT2D eigenvalue weighted by Crippen LogP contribution is -2.29. The van der Waals surface area contributed by atoms with E-state index in [1.54, 1.807) is 5.38 Å². The molecule has 0 aliphatic carbocycles. The lowest BCUT2D eigenvalue weighted by atomic mass is 10.2. The van der Waals surface area contributed by atoms with Crippen molar-refractivity contribution in [2.75, 3.05) is 20.1 Å². The van der Waals surface area contributed by atoms with E-state index >= 15 is 0 Å². The van der Waals surface area contributed by atoms with Crippen molar-refractivity contribution < 1.29 is 4.79 Å². The van der Waals surface area contributed by atoms with Crippen LogP contribution >= 0.6 is 11.3 Å². The quantitative estimate of drug-likeness (QED) is 0.720. The van der Waals surface area contributed by atoms with Crippen molar-refractivity contribution in [2.45, 2.75) is 45.7 Å². The van der Waals surface area contributed by atoms with Gasteiger partial charge in [-0.15, -0.1) is 11.3 Å². The van der Waals surface area contributed by atoms with E-state index in [4.69, 9.17) is 5.73 Å². The zero-order chi connectivity index (χ0) is 15.1. The number of nitrogens with one attached hydrogen (secondary N) is 1. The van der Waals surface area contributed by atoms with Crippen molar-refractivity contribution in [1.82, 2.24) is 15.2 Å². The predicted octanol–water partition coefficient (Wildman–Crippen LogP) is 2.01. The fourth-order valence-corrected chi connectivity index (χ4v) is 2.40. The van der Waals surface area contributed by atoms with Crippen LogP contribution in [-0.4, -0.2) is 42.0 Å². The van der Waals surface area contributed by atoms with Gasteiger partial charge >= 0.3 is 0 Å². The molecule has 0 aliphatic heterocycles. The van der Waals surface area contributed by atoms with Gasteiger partial charge < -0.3 is 16.0 Å². The van der Waals surface area contributed by atoms with Gasteiger partial charge in [-0.1, -0.05) is 0 Å². The zero-order valence-corrected chi connectivity index (χ0v) is 13.7. The number of unbranched alkanes of at least 4 members (excludes halogenated alkanes) is 1. The van der Waals surface area contributed by atoms with Crippen molar-refractivity contribution >= 4 is 17.2 Å². The van der Waals surface area contributed by atoms with E-state index in [0.717, 1.165) is 24.4 Å². The molecule has 6 heteroatoms. The second-order valence-electron chi connectivity index (χ2n) is 5.40. The molecule has 20 heavy (non-hydrogen) atoms. The Hall–Kier alpha value is -0.980. The van der Waals surface area contributed by atoms with Crippen LogP contribution in [0.3, 0.4) is 0 Å². The molecule has 1 aromatic rings. The summed E-state index contributed by atoms with van der Waals surface area (Å²) in [5.41, 5.74) is 6.20. The fraction of sp³-hybridized carbons (Fsp3) is 0.714. The number of thiazole rings is 1. The molecule has 0 fully saturated rings. The van der Waals surface area contributed by atoms with Crippen molar-refractivity contribution in [2.24, 2.45) is 5.73 Å². The van der Waals surface area contributed by atoms with E-state index in [2.05, 4.69) is 36.1 Å². The first-order chi connectivity index (χ1) is 9.41. The van der Waals surface area contributed by atoms with Gasteiger partial charge in [-0.05, 0) is 47.2 Å². The molecule has 1 unspecified atom stereocenters. The molecule has 0 saturated heterocycles. The standard InChI is InChI=1S/C14H26N4OS/c1-10(2)18(4)8-6-5-7-16-13(19)12-9-20-14(17-12)11(3)15/h9-11H,5-8,15H2,1-4H3,(H,16,19). The molecule has 1 atom stereocenters. The minimum atomic E-state index is -0.117. The summed E-state index contributed by atoms with van der Waals surface area (Å²) in [6, 6.07) is 0.449. The van der Waals surface area contributed by atoms with Gasteiger partial charge in [-0.25, -0.2) is 4.98 Å². The van der Waals surface area contributed by atoms with E-state index in [1.807, 2.05) is 6.92 Å². The highest BCUT2D eigenvalue weighted by Gasteiger charge is 2.12. The summed E-state index contributed by atoms with van der Waals surface area (Å²) in [4.78, 5) is 18.4. The molecular formula is C14H26N4OS. The topological polar surface area (TPSA) is 71.2 Å². The molecule has 5 nitrogen and oxygen atoms in total. The second-order valence-corrected chi connectivity index (χ2v) is 6.29. The molecule has 1 aromatic heterocycles. The third kappa shape index (κ3) is 5.56. The number of hydrogen-bond donors (Lipinski definition) is 2. The van der Waals surface area contributed by atoms with E-state index < -0.39 is 0 Å². The molecule has 0 aliphatic rings. The SMILES string of the molecule is CC(N)c1nc(C(=O)NCCCCN(C)C(C)C)cs1. The van der Waals surface area contributed by atoms with Crippen molar-refractivity contribution in [3.8, 4) is 0 Å². The smallest absolute Gasteiger partial charge is 0.270 e. The highest BCUT2D eigenvalue weighted by molar-refractivity contribution is 7.09. The maximum absolute atomic E-state index is 11.9. The lowest BCUT2D eigenvalue weighted by Gasteiger charge is -2.20. The minimum Gasteiger partial charge on any atom is -0.351 e. The number of carbonyl (C=O) groups excluding carboxylic acids is 1. The molecule has 0 aromatic carbocycles. The van der Waals surface area contributed by atoms with Crippen LogP contribution < -0.4 is 11.1 Å². The van der Waals surface area contributed by atoms with Crippen LogP contribution in [0.2, 0.25) is 0 Å². The molecular weight excluding hydrogens is 272 g/mol. The van der Waals surface area contributed by atoms with Crippen LogP contribution in [0.4, 0.5) is 0 Å². The molecule has 0 bridgehead atoms. The van der Waals surface area contributed by atoms with Crippen LogP contribution in [0.25, 0.3) is 0 Å². The van der Waals surface area contributed by atoms with Gasteiger partial charge in [0.15, 0.2) is 0 Å². The minimum absolute atomic E-state index is 0.106. The second kappa shape index (κ2) is 8.34. The number of rotatable bonds is 8. The van der Waals surface area contributed by atoms with E-state index in [0.29, 0.717) is 18.3 Å². The van der Waals surface area contributed by atoms with E-state index in [-0.39, 0.29) is 11.9 Å². The number of nitrogens with two attached hydrogens (primary N) is 1. The summed E-state index contributed by atoms with van der Waals surface area (Å²) in [7, 11) is 2.12. The Morgan fingerprint density at radius 1 is 1.45 bits per heavy atom. The summed E-state index contributed by atoms with van der Waals surface area (Å²) in [5, 5.41) is 5.46. The van der Waals surface area contributed by atoms with Gasteiger partial charge in [-0.2, -0.15) is 0 Å². The third-order valence-electron chi connectivity index (χ3n) is 3.25. The van der Waals surface area contributed by atoms with Crippen LogP contribution in [-0.2, 0) is 0 Å². The Balaban J connectivity index is 2.23. The van der Waals surface area contributed by atoms with Gasteiger partial charge in [0.1, 0.15) is 10.7 Å². The molecule has 1 amide bonds. The summed E-state index contributed by atoms with van der Waals surface area (Å²) in [5.74, 6) is -0.106. The molecule has 0 saturated carbocycles. The maximum atomic E-state index is 11.9. The maximum Gasteiger partial charge on any atom is 0.270 e. The average molecular weight is 298 g/mol. The molecule has 1 heterocycles. The Morgan fingerprint density at radius 3 is 2.70 bits per heavy atom. The number of amides is 1. The lowest BCUT2D eigenvalue weighted by molar-refractivity contribution is 0.0948. The van der Waals surface area contributed by atoms with Crippen molar-refractivity contribution in [3.63, 3.8) is 0 Å². The zero-order valence-electron chi connectivity index (χ0n) is 12.8. The normalized spacial score (nSPS) is 12.9. The Bertz CT molecular complexity index is 417. The van der Waals surface area contributed by atoms with Gasteiger partial charge in [0.05, 0.1) is 6.04 Å². The van der Waals surface area contributed by atoms with Gasteiger partial charge in [0, 0.05) is 18.0 Å². The van der Waals surface area contributed by atoms with Crippen LogP contribution in [0, 0.1) is 0 Å². The number of hydrogen-bond acceptors (Lipinski definition) is 5. The fourth-order valence-electron chi connectivity index (χ4n) is 1.64. The van der Waals surface area contributed by atoms with Crippen molar-refractivity contribution in [1.29, 1.82) is 0 Å². The molecule has 114 valence electrons. The predicted molar refractivity (Wildman–Crippen MR) is 84.0 cm³/mol. The molecule has 1 rings (SSSR count). The van der Waals surface area contributed by atoms with Gasteiger partial charge in [0.2, 0.25) is 0 Å². The third-order valence-corrected chi connectivity index (χ3v) is 4.29. The van der Waals surface area contributed by atoms with Crippen LogP contribution in [0.5, 0.6) is 0 Å². The van der Waals surface area contributed by atoms with Gasteiger partial charge in [0.25, 0.3) is 5.91 Å². The Kier molecular flexibility index (Phi) is 7.12. The monoisotopic (exact) mass is 298 g/mol. The number of aromatic nitrogens is 1. The molecule has 3 N–H and O–H groups in total. The number of nitrogens with zero attached hydrogens (tertiary/aromatic N) is 2. The van der Waals surface area contributed by atoms with Crippen molar-refractivity contribution in [3.05, 3.63) is 16.1 Å². The number of carbonyl (C=O) groups is 1. The average Bonchev–Trinajstić information content (AvgIpc) is 2.87. The van der Waals surface area contributed by atoms with Gasteiger partial charge in [-0.3, -0.25) is 4.79 Å². The van der Waals surface area contributed by atoms with E-state index in [9.17, 15) is 4.79 Å². The largest absolute Gasteiger partial charge is 0.351 e. The summed E-state index contributed by atoms with van der Waals surface area (Å²) < 4.78 is 0. The molecule has 0 radical (unpaired) electrons. The summed E-state index contributed by atoms with van der Waals surface area (Å²) >= 11 is 1.43. The first-order valence-corrected chi connectivity index (χ1v) is 7.99. The summed E-state index contributed by atoms with van der Waals surface area (Å²) in [6.07, 6.45) is 2.06.